The van der Waals surface area contributed by atoms with Crippen molar-refractivity contribution in [2.45, 2.75) is 17.9 Å². The molecule has 0 aliphatic heterocycles. The van der Waals surface area contributed by atoms with Crippen LogP contribution < -0.4 is 16.0 Å². The highest BCUT2D eigenvalue weighted by molar-refractivity contribution is 7.99. The number of benzene rings is 2. The van der Waals surface area contributed by atoms with Gasteiger partial charge in [-0.3, -0.25) is 11.3 Å². The molecular formula is C16H19ClN2OS. The maximum atomic E-state index is 6.08. The zero-order valence-electron chi connectivity index (χ0n) is 12.1. The first-order valence-electron chi connectivity index (χ1n) is 6.63. The van der Waals surface area contributed by atoms with Crippen LogP contribution in [0.2, 0.25) is 5.02 Å². The van der Waals surface area contributed by atoms with Gasteiger partial charge in [0.15, 0.2) is 0 Å². The van der Waals surface area contributed by atoms with Crippen LogP contribution in [0.4, 0.5) is 0 Å². The van der Waals surface area contributed by atoms with Crippen LogP contribution in [-0.2, 0) is 0 Å². The van der Waals surface area contributed by atoms with E-state index in [1.807, 2.05) is 18.2 Å². The number of ether oxygens (including phenoxy) is 1. The molecular weight excluding hydrogens is 304 g/mol. The zero-order valence-corrected chi connectivity index (χ0v) is 13.7. The van der Waals surface area contributed by atoms with Crippen molar-refractivity contribution in [1.29, 1.82) is 0 Å². The molecule has 0 fully saturated rings. The van der Waals surface area contributed by atoms with E-state index in [9.17, 15) is 0 Å². The van der Waals surface area contributed by atoms with Gasteiger partial charge in [-0.15, -0.1) is 11.8 Å². The van der Waals surface area contributed by atoms with E-state index in [0.717, 1.165) is 17.1 Å². The summed E-state index contributed by atoms with van der Waals surface area (Å²) in [5.74, 6) is 7.28. The Kier molecular flexibility index (Phi) is 5.94. The highest BCUT2D eigenvalue weighted by Crippen LogP contribution is 2.32. The summed E-state index contributed by atoms with van der Waals surface area (Å²) >= 11 is 7.83. The quantitative estimate of drug-likeness (QED) is 0.480. The van der Waals surface area contributed by atoms with Crippen molar-refractivity contribution in [2.24, 2.45) is 5.84 Å². The van der Waals surface area contributed by atoms with Gasteiger partial charge in [0.05, 0.1) is 13.2 Å². The molecule has 1 atom stereocenters. The number of halogens is 1. The van der Waals surface area contributed by atoms with Gasteiger partial charge < -0.3 is 4.74 Å². The Morgan fingerprint density at radius 2 is 2.10 bits per heavy atom. The number of nitrogens with two attached hydrogens (primary N) is 1. The predicted molar refractivity (Wildman–Crippen MR) is 90.0 cm³/mol. The number of aryl methyl sites for hydroxylation is 1. The Labute approximate surface area is 134 Å². The summed E-state index contributed by atoms with van der Waals surface area (Å²) in [5, 5.41) is 0.673. The number of hydrazine groups is 1. The lowest BCUT2D eigenvalue weighted by atomic mass is 10.1. The van der Waals surface area contributed by atoms with E-state index < -0.39 is 0 Å². The van der Waals surface area contributed by atoms with Gasteiger partial charge in [0.1, 0.15) is 5.75 Å². The van der Waals surface area contributed by atoms with E-state index in [1.165, 1.54) is 10.5 Å². The van der Waals surface area contributed by atoms with Crippen LogP contribution in [0.25, 0.3) is 0 Å². The second-order valence-electron chi connectivity index (χ2n) is 4.73. The summed E-state index contributed by atoms with van der Waals surface area (Å²) in [6, 6.07) is 13.9. The van der Waals surface area contributed by atoms with Crippen LogP contribution in [0.5, 0.6) is 5.75 Å². The molecule has 5 heteroatoms. The van der Waals surface area contributed by atoms with Gasteiger partial charge in [-0.05, 0) is 37.3 Å². The number of hydrogen-bond acceptors (Lipinski definition) is 4. The highest BCUT2D eigenvalue weighted by Gasteiger charge is 2.16. The Hall–Kier alpha value is -1.20. The monoisotopic (exact) mass is 322 g/mol. The summed E-state index contributed by atoms with van der Waals surface area (Å²) in [6.07, 6.45) is 0. The third kappa shape index (κ3) is 4.38. The maximum Gasteiger partial charge on any atom is 0.123 e. The van der Waals surface area contributed by atoms with Gasteiger partial charge in [-0.25, -0.2) is 0 Å². The van der Waals surface area contributed by atoms with Gasteiger partial charge in [-0.1, -0.05) is 29.3 Å². The van der Waals surface area contributed by atoms with Crippen LogP contribution in [0.1, 0.15) is 17.2 Å². The summed E-state index contributed by atoms with van der Waals surface area (Å²) in [7, 11) is 1.65. The van der Waals surface area contributed by atoms with Crippen molar-refractivity contribution in [3.8, 4) is 5.75 Å². The molecule has 0 aliphatic rings. The van der Waals surface area contributed by atoms with Gasteiger partial charge in [0.25, 0.3) is 0 Å². The van der Waals surface area contributed by atoms with Crippen LogP contribution in [0, 0.1) is 6.92 Å². The fourth-order valence-electron chi connectivity index (χ4n) is 2.09. The largest absolute Gasteiger partial charge is 0.496 e. The normalized spacial score (nSPS) is 12.2. The Bertz CT molecular complexity index is 607. The third-order valence-corrected chi connectivity index (χ3v) is 4.50. The molecule has 112 valence electrons. The first-order valence-corrected chi connectivity index (χ1v) is 7.99. The van der Waals surface area contributed by atoms with Gasteiger partial charge in [0, 0.05) is 21.2 Å². The zero-order chi connectivity index (χ0) is 15.2. The smallest absolute Gasteiger partial charge is 0.123 e. The van der Waals surface area contributed by atoms with Crippen LogP contribution in [0.15, 0.2) is 47.4 Å². The fraction of sp³-hybridized carbons (Fsp3) is 0.250. The van der Waals surface area contributed by atoms with Gasteiger partial charge in [0.2, 0.25) is 0 Å². The van der Waals surface area contributed by atoms with Gasteiger partial charge >= 0.3 is 0 Å². The minimum absolute atomic E-state index is 0.0378. The molecule has 0 aliphatic carbocycles. The van der Waals surface area contributed by atoms with E-state index in [2.05, 4.69) is 36.6 Å². The lowest BCUT2D eigenvalue weighted by Gasteiger charge is -2.19. The van der Waals surface area contributed by atoms with Crippen molar-refractivity contribution in [3.63, 3.8) is 0 Å². The Balaban J connectivity index is 2.15. The average molecular weight is 323 g/mol. The summed E-state index contributed by atoms with van der Waals surface area (Å²) in [4.78, 5) is 1.22. The van der Waals surface area contributed by atoms with Crippen molar-refractivity contribution in [2.75, 3.05) is 12.9 Å². The van der Waals surface area contributed by atoms with Crippen molar-refractivity contribution in [1.82, 2.24) is 5.43 Å². The fourth-order valence-corrected chi connectivity index (χ4v) is 3.35. The SMILES string of the molecule is COc1ccc(Cl)cc1C(CSc1cccc(C)c1)NN. The number of rotatable bonds is 6. The number of hydrogen-bond donors (Lipinski definition) is 2. The second kappa shape index (κ2) is 7.71. The molecule has 0 radical (unpaired) electrons. The molecule has 2 aromatic carbocycles. The standard InChI is InChI=1S/C16H19ClN2OS/c1-11-4-3-5-13(8-11)21-10-15(19-18)14-9-12(17)6-7-16(14)20-2/h3-9,15,19H,10,18H2,1-2H3. The van der Waals surface area contributed by atoms with E-state index in [4.69, 9.17) is 22.2 Å². The molecule has 0 saturated heterocycles. The molecule has 3 nitrogen and oxygen atoms in total. The molecule has 0 heterocycles. The van der Waals surface area contributed by atoms with E-state index in [-0.39, 0.29) is 6.04 Å². The summed E-state index contributed by atoms with van der Waals surface area (Å²) < 4.78 is 5.39. The first kappa shape index (κ1) is 16.2. The molecule has 21 heavy (non-hydrogen) atoms. The topological polar surface area (TPSA) is 47.3 Å². The molecule has 0 aromatic heterocycles. The Morgan fingerprint density at radius 1 is 1.29 bits per heavy atom. The second-order valence-corrected chi connectivity index (χ2v) is 6.26. The van der Waals surface area contributed by atoms with E-state index in [0.29, 0.717) is 5.02 Å². The third-order valence-electron chi connectivity index (χ3n) is 3.17. The minimum atomic E-state index is -0.0378. The van der Waals surface area contributed by atoms with E-state index >= 15 is 0 Å². The van der Waals surface area contributed by atoms with Crippen LogP contribution >= 0.6 is 23.4 Å². The van der Waals surface area contributed by atoms with E-state index in [1.54, 1.807) is 18.9 Å². The molecule has 1 unspecified atom stereocenters. The predicted octanol–water partition coefficient (Wildman–Crippen LogP) is 3.95. The summed E-state index contributed by atoms with van der Waals surface area (Å²) in [5.41, 5.74) is 5.06. The molecule has 0 saturated carbocycles. The minimum Gasteiger partial charge on any atom is -0.496 e. The van der Waals surface area contributed by atoms with Crippen LogP contribution in [-0.4, -0.2) is 12.9 Å². The molecule has 0 bridgehead atoms. The lowest BCUT2D eigenvalue weighted by molar-refractivity contribution is 0.403. The summed E-state index contributed by atoms with van der Waals surface area (Å²) in [6.45, 7) is 2.09. The van der Waals surface area contributed by atoms with Gasteiger partial charge in [-0.2, -0.15) is 0 Å². The Morgan fingerprint density at radius 3 is 2.76 bits per heavy atom. The average Bonchev–Trinajstić information content (AvgIpc) is 2.48. The molecule has 0 spiro atoms. The van der Waals surface area contributed by atoms with Crippen molar-refractivity contribution in [3.05, 3.63) is 58.6 Å². The van der Waals surface area contributed by atoms with Crippen molar-refractivity contribution >= 4 is 23.4 Å². The first-order chi connectivity index (χ1) is 10.1. The molecule has 0 amide bonds. The van der Waals surface area contributed by atoms with Crippen molar-refractivity contribution < 1.29 is 4.74 Å². The van der Waals surface area contributed by atoms with Crippen LogP contribution in [0.3, 0.4) is 0 Å². The highest BCUT2D eigenvalue weighted by atomic mass is 35.5. The lowest BCUT2D eigenvalue weighted by Crippen LogP contribution is -2.30. The molecule has 2 aromatic rings. The number of thioether (sulfide) groups is 1. The molecule has 3 N–H and O–H groups in total. The maximum absolute atomic E-state index is 6.08. The number of nitrogens with one attached hydrogen (secondary N) is 1. The molecule has 2 rings (SSSR count). The number of methoxy groups -OCH3 is 1.